The molecule has 0 aliphatic carbocycles. The fourth-order valence-corrected chi connectivity index (χ4v) is 3.97. The summed E-state index contributed by atoms with van der Waals surface area (Å²) in [5.74, 6) is 0.659. The number of amides is 1. The van der Waals surface area contributed by atoms with Gasteiger partial charge in [-0.05, 0) is 31.2 Å². The van der Waals surface area contributed by atoms with Crippen molar-refractivity contribution in [3.05, 3.63) is 84.9 Å². The number of imidazole rings is 1. The quantitative estimate of drug-likeness (QED) is 0.361. The van der Waals surface area contributed by atoms with Gasteiger partial charge in [-0.1, -0.05) is 72.4 Å². The molecule has 0 saturated heterocycles. The van der Waals surface area contributed by atoms with Crippen LogP contribution in [0.2, 0.25) is 0 Å². The van der Waals surface area contributed by atoms with Crippen LogP contribution in [-0.2, 0) is 4.79 Å². The normalized spacial score (nSPS) is 11.7. The number of carbonyl (C=O) groups is 1. The van der Waals surface area contributed by atoms with Crippen LogP contribution >= 0.6 is 11.8 Å². The average molecular weight is 430 g/mol. The van der Waals surface area contributed by atoms with Crippen LogP contribution in [0.5, 0.6) is 5.75 Å². The van der Waals surface area contributed by atoms with Crippen molar-refractivity contribution in [2.45, 2.75) is 17.3 Å². The van der Waals surface area contributed by atoms with Crippen molar-refractivity contribution in [2.75, 3.05) is 12.4 Å². The first-order valence-electron chi connectivity index (χ1n) is 9.96. The van der Waals surface area contributed by atoms with E-state index in [0.29, 0.717) is 5.16 Å². The Morgan fingerprint density at radius 1 is 0.935 bits per heavy atom. The molecule has 0 radical (unpaired) electrons. The van der Waals surface area contributed by atoms with Gasteiger partial charge in [0.1, 0.15) is 5.75 Å². The lowest BCUT2D eigenvalue weighted by Crippen LogP contribution is -2.22. The van der Waals surface area contributed by atoms with E-state index in [-0.39, 0.29) is 11.2 Å². The Kier molecular flexibility index (Phi) is 6.38. The molecule has 5 nitrogen and oxygen atoms in total. The molecule has 0 aliphatic heterocycles. The molecule has 0 saturated carbocycles. The smallest absolute Gasteiger partial charge is 0.237 e. The van der Waals surface area contributed by atoms with E-state index < -0.39 is 0 Å². The molecule has 4 aromatic rings. The van der Waals surface area contributed by atoms with Crippen molar-refractivity contribution in [3.8, 4) is 28.3 Å². The first kappa shape index (κ1) is 20.8. The molecule has 1 amide bonds. The molecule has 156 valence electrons. The second-order valence-electron chi connectivity index (χ2n) is 6.98. The first-order chi connectivity index (χ1) is 15.1. The van der Waals surface area contributed by atoms with E-state index in [4.69, 9.17) is 9.72 Å². The van der Waals surface area contributed by atoms with Crippen LogP contribution in [0.4, 0.5) is 5.69 Å². The van der Waals surface area contributed by atoms with Gasteiger partial charge in [-0.2, -0.15) is 0 Å². The van der Waals surface area contributed by atoms with Crippen molar-refractivity contribution in [1.29, 1.82) is 0 Å². The Balaban J connectivity index is 1.55. The van der Waals surface area contributed by atoms with Gasteiger partial charge in [-0.15, -0.1) is 0 Å². The average Bonchev–Trinajstić information content (AvgIpc) is 3.24. The van der Waals surface area contributed by atoms with Crippen LogP contribution in [0.15, 0.2) is 90.1 Å². The van der Waals surface area contributed by atoms with Gasteiger partial charge in [0.15, 0.2) is 5.16 Å². The zero-order valence-corrected chi connectivity index (χ0v) is 18.1. The van der Waals surface area contributed by atoms with Crippen molar-refractivity contribution in [1.82, 2.24) is 9.97 Å². The summed E-state index contributed by atoms with van der Waals surface area (Å²) in [6, 6.07) is 27.4. The number of nitrogens with one attached hydrogen (secondary N) is 2. The van der Waals surface area contributed by atoms with Crippen molar-refractivity contribution < 1.29 is 9.53 Å². The van der Waals surface area contributed by atoms with Crippen LogP contribution in [0.25, 0.3) is 22.5 Å². The maximum absolute atomic E-state index is 12.7. The van der Waals surface area contributed by atoms with Gasteiger partial charge in [0.05, 0.1) is 23.7 Å². The van der Waals surface area contributed by atoms with Crippen molar-refractivity contribution in [2.24, 2.45) is 0 Å². The van der Waals surface area contributed by atoms with E-state index in [1.54, 1.807) is 7.11 Å². The van der Waals surface area contributed by atoms with Crippen molar-refractivity contribution in [3.63, 3.8) is 0 Å². The fraction of sp³-hybridized carbons (Fsp3) is 0.120. The number of hydrogen-bond donors (Lipinski definition) is 2. The Morgan fingerprint density at radius 3 is 2.16 bits per heavy atom. The lowest BCUT2D eigenvalue weighted by Gasteiger charge is -2.11. The van der Waals surface area contributed by atoms with Crippen LogP contribution in [0, 0.1) is 0 Å². The minimum Gasteiger partial charge on any atom is -0.497 e. The number of nitrogens with zero attached hydrogens (tertiary/aromatic N) is 1. The van der Waals surface area contributed by atoms with Gasteiger partial charge in [0, 0.05) is 16.8 Å². The van der Waals surface area contributed by atoms with E-state index in [0.717, 1.165) is 34.0 Å². The van der Waals surface area contributed by atoms with Gasteiger partial charge >= 0.3 is 0 Å². The third-order valence-corrected chi connectivity index (χ3v) is 5.79. The van der Waals surface area contributed by atoms with E-state index in [2.05, 4.69) is 10.3 Å². The van der Waals surface area contributed by atoms with Crippen LogP contribution in [0.3, 0.4) is 0 Å². The number of benzene rings is 3. The number of aromatic amines is 1. The highest BCUT2D eigenvalue weighted by Crippen LogP contribution is 2.34. The summed E-state index contributed by atoms with van der Waals surface area (Å²) in [6.45, 7) is 1.87. The third-order valence-electron chi connectivity index (χ3n) is 4.81. The van der Waals surface area contributed by atoms with Gasteiger partial charge in [0.25, 0.3) is 0 Å². The van der Waals surface area contributed by atoms with Crippen LogP contribution in [0.1, 0.15) is 6.92 Å². The lowest BCUT2D eigenvalue weighted by molar-refractivity contribution is -0.115. The summed E-state index contributed by atoms with van der Waals surface area (Å²) in [7, 11) is 1.61. The second-order valence-corrected chi connectivity index (χ2v) is 8.30. The number of anilines is 1. The van der Waals surface area contributed by atoms with Gasteiger partial charge in [0.2, 0.25) is 5.91 Å². The minimum absolute atomic E-state index is 0.0888. The van der Waals surface area contributed by atoms with Crippen molar-refractivity contribution >= 4 is 23.4 Å². The molecule has 31 heavy (non-hydrogen) atoms. The van der Waals surface area contributed by atoms with Gasteiger partial charge in [-0.3, -0.25) is 4.79 Å². The highest BCUT2D eigenvalue weighted by Gasteiger charge is 2.20. The van der Waals surface area contributed by atoms with E-state index in [1.807, 2.05) is 91.9 Å². The summed E-state index contributed by atoms with van der Waals surface area (Å²) >= 11 is 1.40. The predicted molar refractivity (Wildman–Crippen MR) is 126 cm³/mol. The Bertz CT molecular complexity index is 1090. The van der Waals surface area contributed by atoms with Crippen LogP contribution in [-0.4, -0.2) is 28.2 Å². The second kappa shape index (κ2) is 9.53. The summed E-state index contributed by atoms with van der Waals surface area (Å²) < 4.78 is 5.16. The largest absolute Gasteiger partial charge is 0.497 e. The predicted octanol–water partition coefficient (Wildman–Crippen LogP) is 5.87. The summed E-state index contributed by atoms with van der Waals surface area (Å²) in [4.78, 5) is 20.9. The number of H-pyrrole nitrogens is 1. The molecule has 2 N–H and O–H groups in total. The zero-order valence-electron chi connectivity index (χ0n) is 17.3. The van der Waals surface area contributed by atoms with E-state index in [1.165, 1.54) is 11.8 Å². The molecule has 0 aliphatic rings. The summed E-state index contributed by atoms with van der Waals surface area (Å²) in [5, 5.41) is 3.31. The molecule has 1 unspecified atom stereocenters. The van der Waals surface area contributed by atoms with Gasteiger partial charge < -0.3 is 15.0 Å². The number of hydrogen-bond acceptors (Lipinski definition) is 4. The van der Waals surface area contributed by atoms with E-state index >= 15 is 0 Å². The molecule has 6 heteroatoms. The molecular weight excluding hydrogens is 406 g/mol. The molecule has 0 bridgehead atoms. The highest BCUT2D eigenvalue weighted by molar-refractivity contribution is 8.00. The Morgan fingerprint density at radius 2 is 1.55 bits per heavy atom. The maximum Gasteiger partial charge on any atom is 0.237 e. The van der Waals surface area contributed by atoms with E-state index in [9.17, 15) is 4.79 Å². The number of aromatic nitrogens is 2. The molecule has 1 heterocycles. The number of ether oxygens (including phenoxy) is 1. The number of thioether (sulfide) groups is 1. The number of carbonyl (C=O) groups excluding carboxylic acids is 1. The molecular formula is C25H23N3O2S. The molecule has 3 aromatic carbocycles. The zero-order chi connectivity index (χ0) is 21.6. The monoisotopic (exact) mass is 429 g/mol. The standard InChI is InChI=1S/C25H23N3O2S/c1-17(24(29)26-20-13-15-21(30-2)16-14-20)31-25-27-22(18-9-5-3-6-10-18)23(28-25)19-11-7-4-8-12-19/h3-17H,1-2H3,(H,26,29)(H,27,28). The SMILES string of the molecule is COc1ccc(NC(=O)C(C)Sc2nc(-c3ccccc3)c(-c3ccccc3)[nH]2)cc1. The topological polar surface area (TPSA) is 67.0 Å². The first-order valence-corrected chi connectivity index (χ1v) is 10.8. The lowest BCUT2D eigenvalue weighted by atomic mass is 10.1. The minimum atomic E-state index is -0.333. The third kappa shape index (κ3) is 4.98. The Hall–Kier alpha value is -3.51. The number of rotatable bonds is 7. The maximum atomic E-state index is 12.7. The molecule has 1 aromatic heterocycles. The molecule has 0 fully saturated rings. The fourth-order valence-electron chi connectivity index (χ4n) is 3.17. The Labute approximate surface area is 185 Å². The molecule has 4 rings (SSSR count). The molecule has 0 spiro atoms. The highest BCUT2D eigenvalue weighted by atomic mass is 32.2. The molecule has 1 atom stereocenters. The summed E-state index contributed by atoms with van der Waals surface area (Å²) in [5.41, 5.74) is 4.62. The summed E-state index contributed by atoms with van der Waals surface area (Å²) in [6.07, 6.45) is 0. The van der Waals surface area contributed by atoms with Crippen LogP contribution < -0.4 is 10.1 Å². The van der Waals surface area contributed by atoms with Gasteiger partial charge in [-0.25, -0.2) is 4.98 Å². The number of methoxy groups -OCH3 is 1.